The molecule has 1 unspecified atom stereocenters. The Kier molecular flexibility index (Phi) is 5.07. The van der Waals surface area contributed by atoms with Crippen molar-refractivity contribution in [2.45, 2.75) is 71.1 Å². The summed E-state index contributed by atoms with van der Waals surface area (Å²) in [5, 5.41) is 9.47. The highest BCUT2D eigenvalue weighted by Gasteiger charge is 2.25. The fraction of sp³-hybridized carbons (Fsp3) is 1.00. The number of aliphatic hydroxyl groups is 1. The van der Waals surface area contributed by atoms with E-state index < -0.39 is 0 Å². The zero-order valence-corrected chi connectivity index (χ0v) is 10.7. The molecular formula is C13H27NO. The normalized spacial score (nSPS) is 29.8. The van der Waals surface area contributed by atoms with E-state index in [1.807, 2.05) is 0 Å². The quantitative estimate of drug-likeness (QED) is 0.776. The molecule has 0 aliphatic heterocycles. The number of rotatable bonds is 4. The van der Waals surface area contributed by atoms with Crippen molar-refractivity contribution in [2.24, 2.45) is 5.92 Å². The molecule has 0 heterocycles. The van der Waals surface area contributed by atoms with Crippen LogP contribution in [0.15, 0.2) is 0 Å². The third-order valence-electron chi connectivity index (χ3n) is 3.75. The predicted octanol–water partition coefficient (Wildman–Crippen LogP) is 2.66. The van der Waals surface area contributed by atoms with Crippen LogP contribution in [0.5, 0.6) is 0 Å². The average Bonchev–Trinajstić information content (AvgIpc) is 2.17. The van der Waals surface area contributed by atoms with Crippen LogP contribution in [-0.4, -0.2) is 35.2 Å². The lowest BCUT2D eigenvalue weighted by Gasteiger charge is -2.37. The van der Waals surface area contributed by atoms with E-state index in [0.717, 1.165) is 18.8 Å². The molecule has 0 saturated heterocycles. The van der Waals surface area contributed by atoms with E-state index in [9.17, 15) is 5.11 Å². The van der Waals surface area contributed by atoms with Crippen LogP contribution in [0.4, 0.5) is 0 Å². The van der Waals surface area contributed by atoms with Crippen molar-refractivity contribution in [3.63, 3.8) is 0 Å². The highest BCUT2D eigenvalue weighted by Crippen LogP contribution is 2.24. The second kappa shape index (κ2) is 5.86. The topological polar surface area (TPSA) is 23.5 Å². The van der Waals surface area contributed by atoms with E-state index in [0.29, 0.717) is 12.1 Å². The maximum Gasteiger partial charge on any atom is 0.0541 e. The first-order valence-electron chi connectivity index (χ1n) is 6.40. The summed E-state index contributed by atoms with van der Waals surface area (Å²) in [5.41, 5.74) is 0. The van der Waals surface area contributed by atoms with Crippen LogP contribution in [0.2, 0.25) is 0 Å². The molecule has 15 heavy (non-hydrogen) atoms. The van der Waals surface area contributed by atoms with Crippen molar-refractivity contribution in [2.75, 3.05) is 7.05 Å². The average molecular weight is 213 g/mol. The lowest BCUT2D eigenvalue weighted by Crippen LogP contribution is -2.42. The summed E-state index contributed by atoms with van der Waals surface area (Å²) in [6.45, 7) is 6.90. The minimum absolute atomic E-state index is 0.0324. The molecule has 2 heteroatoms. The Labute approximate surface area is 94.7 Å². The Balaban J connectivity index is 2.35. The van der Waals surface area contributed by atoms with Gasteiger partial charge in [0.05, 0.1) is 6.10 Å². The Morgan fingerprint density at radius 2 is 1.67 bits per heavy atom. The van der Waals surface area contributed by atoms with Gasteiger partial charge in [-0.2, -0.15) is 0 Å². The Morgan fingerprint density at radius 1 is 1.13 bits per heavy atom. The number of nitrogens with zero attached hydrogens (tertiary/aromatic N) is 1. The van der Waals surface area contributed by atoms with Crippen LogP contribution < -0.4 is 0 Å². The number of aliphatic hydroxyl groups excluding tert-OH is 1. The van der Waals surface area contributed by atoms with Crippen LogP contribution in [0.25, 0.3) is 0 Å². The van der Waals surface area contributed by atoms with Gasteiger partial charge in [0.1, 0.15) is 0 Å². The van der Waals surface area contributed by atoms with Gasteiger partial charge < -0.3 is 10.0 Å². The molecule has 0 radical (unpaired) electrons. The molecule has 0 bridgehead atoms. The standard InChI is InChI=1S/C13H27NO/c1-10(2)9-11(3)14(4)12-5-7-13(15)8-6-12/h10-13,15H,5-9H2,1-4H3. The fourth-order valence-corrected chi connectivity index (χ4v) is 2.67. The second-order valence-corrected chi connectivity index (χ2v) is 5.61. The lowest BCUT2D eigenvalue weighted by atomic mass is 9.90. The summed E-state index contributed by atoms with van der Waals surface area (Å²) in [6.07, 6.45) is 5.55. The molecule has 1 aliphatic carbocycles. The molecule has 0 aromatic carbocycles. The smallest absolute Gasteiger partial charge is 0.0541 e. The fourth-order valence-electron chi connectivity index (χ4n) is 2.67. The van der Waals surface area contributed by atoms with Gasteiger partial charge in [-0.15, -0.1) is 0 Å². The van der Waals surface area contributed by atoms with Gasteiger partial charge in [-0.1, -0.05) is 13.8 Å². The van der Waals surface area contributed by atoms with Crippen molar-refractivity contribution in [3.8, 4) is 0 Å². The Bertz CT molecular complexity index is 173. The zero-order valence-electron chi connectivity index (χ0n) is 10.7. The van der Waals surface area contributed by atoms with Crippen molar-refractivity contribution < 1.29 is 5.11 Å². The molecule has 0 amide bonds. The van der Waals surface area contributed by atoms with Crippen LogP contribution in [0.3, 0.4) is 0 Å². The molecule has 1 aliphatic rings. The Hall–Kier alpha value is -0.0800. The summed E-state index contributed by atoms with van der Waals surface area (Å²) in [4.78, 5) is 2.52. The molecule has 0 spiro atoms. The van der Waals surface area contributed by atoms with E-state index in [1.165, 1.54) is 19.3 Å². The summed E-state index contributed by atoms with van der Waals surface area (Å²) >= 11 is 0. The maximum atomic E-state index is 9.47. The molecule has 0 aromatic rings. The SMILES string of the molecule is CC(C)CC(C)N(C)C1CCC(O)CC1. The summed E-state index contributed by atoms with van der Waals surface area (Å²) in [6, 6.07) is 1.37. The zero-order chi connectivity index (χ0) is 11.4. The van der Waals surface area contributed by atoms with Gasteiger partial charge >= 0.3 is 0 Å². The van der Waals surface area contributed by atoms with Crippen molar-refractivity contribution in [1.29, 1.82) is 0 Å². The van der Waals surface area contributed by atoms with Gasteiger partial charge in [-0.05, 0) is 52.0 Å². The van der Waals surface area contributed by atoms with Crippen molar-refractivity contribution in [1.82, 2.24) is 4.90 Å². The molecule has 1 rings (SSSR count). The largest absolute Gasteiger partial charge is 0.393 e. The van der Waals surface area contributed by atoms with E-state index in [4.69, 9.17) is 0 Å². The minimum Gasteiger partial charge on any atom is -0.393 e. The van der Waals surface area contributed by atoms with E-state index >= 15 is 0 Å². The van der Waals surface area contributed by atoms with Crippen LogP contribution >= 0.6 is 0 Å². The number of hydrogen-bond acceptors (Lipinski definition) is 2. The van der Waals surface area contributed by atoms with Gasteiger partial charge in [-0.3, -0.25) is 0 Å². The molecule has 1 saturated carbocycles. The third-order valence-corrected chi connectivity index (χ3v) is 3.75. The first-order chi connectivity index (χ1) is 7.00. The molecule has 2 nitrogen and oxygen atoms in total. The van der Waals surface area contributed by atoms with Gasteiger partial charge in [0.2, 0.25) is 0 Å². The maximum absolute atomic E-state index is 9.47. The second-order valence-electron chi connectivity index (χ2n) is 5.61. The summed E-state index contributed by atoms with van der Waals surface area (Å²) < 4.78 is 0. The van der Waals surface area contributed by atoms with Gasteiger partial charge in [0.15, 0.2) is 0 Å². The molecule has 1 atom stereocenters. The van der Waals surface area contributed by atoms with E-state index in [1.54, 1.807) is 0 Å². The molecule has 0 aromatic heterocycles. The summed E-state index contributed by atoms with van der Waals surface area (Å²) in [7, 11) is 2.25. The molecule has 1 N–H and O–H groups in total. The van der Waals surface area contributed by atoms with Crippen molar-refractivity contribution >= 4 is 0 Å². The lowest BCUT2D eigenvalue weighted by molar-refractivity contribution is 0.0658. The monoisotopic (exact) mass is 213 g/mol. The third kappa shape index (κ3) is 4.12. The van der Waals surface area contributed by atoms with Crippen LogP contribution in [0.1, 0.15) is 52.9 Å². The Morgan fingerprint density at radius 3 is 2.13 bits per heavy atom. The molecular weight excluding hydrogens is 186 g/mol. The van der Waals surface area contributed by atoms with Crippen molar-refractivity contribution in [3.05, 3.63) is 0 Å². The summed E-state index contributed by atoms with van der Waals surface area (Å²) in [5.74, 6) is 0.775. The van der Waals surface area contributed by atoms with Gasteiger partial charge in [-0.25, -0.2) is 0 Å². The first kappa shape index (κ1) is 13.0. The first-order valence-corrected chi connectivity index (χ1v) is 6.40. The van der Waals surface area contributed by atoms with Gasteiger partial charge in [0, 0.05) is 12.1 Å². The minimum atomic E-state index is -0.0324. The van der Waals surface area contributed by atoms with E-state index in [2.05, 4.69) is 32.7 Å². The molecule has 90 valence electrons. The molecule has 1 fully saturated rings. The highest BCUT2D eigenvalue weighted by atomic mass is 16.3. The van der Waals surface area contributed by atoms with Crippen LogP contribution in [0, 0.1) is 5.92 Å². The number of hydrogen-bond donors (Lipinski definition) is 1. The highest BCUT2D eigenvalue weighted by molar-refractivity contribution is 4.80. The predicted molar refractivity (Wildman–Crippen MR) is 64.9 cm³/mol. The van der Waals surface area contributed by atoms with Gasteiger partial charge in [0.25, 0.3) is 0 Å². The van der Waals surface area contributed by atoms with E-state index in [-0.39, 0.29) is 6.10 Å². The van der Waals surface area contributed by atoms with Crippen LogP contribution in [-0.2, 0) is 0 Å².